The highest BCUT2D eigenvalue weighted by Gasteiger charge is 1.93. The molecule has 0 unspecified atom stereocenters. The topological polar surface area (TPSA) is 22.1 Å². The molecule has 1 aromatic rings. The molecule has 1 rings (SSSR count). The Labute approximate surface area is 83.9 Å². The molecule has 0 aliphatic carbocycles. The lowest BCUT2D eigenvalue weighted by molar-refractivity contribution is 0.305. The predicted molar refractivity (Wildman–Crippen MR) is 54.3 cm³/mol. The molecule has 0 saturated carbocycles. The van der Waals surface area contributed by atoms with Crippen LogP contribution in [0.1, 0.15) is 26.2 Å². The second kappa shape index (κ2) is 5.81. The van der Waals surface area contributed by atoms with Gasteiger partial charge in [-0.05, 0) is 18.6 Å². The van der Waals surface area contributed by atoms with E-state index in [0.717, 1.165) is 18.8 Å². The van der Waals surface area contributed by atoms with E-state index in [9.17, 15) is 0 Å². The maximum absolute atomic E-state index is 5.63. The van der Waals surface area contributed by atoms with Crippen LogP contribution in [0.3, 0.4) is 0 Å². The van der Waals surface area contributed by atoms with Gasteiger partial charge in [-0.25, -0.2) is 4.98 Å². The Morgan fingerprint density at radius 2 is 2.23 bits per heavy atom. The highest BCUT2D eigenvalue weighted by atomic mass is 35.5. The Morgan fingerprint density at radius 3 is 2.85 bits per heavy atom. The average Bonchev–Trinajstić information content (AvgIpc) is 2.15. The predicted octanol–water partition coefficient (Wildman–Crippen LogP) is 3.30. The van der Waals surface area contributed by atoms with Gasteiger partial charge in [-0.1, -0.05) is 31.4 Å². The summed E-state index contributed by atoms with van der Waals surface area (Å²) in [5, 5.41) is 0.501. The molecule has 0 saturated heterocycles. The summed E-state index contributed by atoms with van der Waals surface area (Å²) in [6.45, 7) is 2.93. The van der Waals surface area contributed by atoms with Crippen molar-refractivity contribution in [2.24, 2.45) is 0 Å². The normalized spacial score (nSPS) is 10.0. The molecule has 0 aliphatic heterocycles. The van der Waals surface area contributed by atoms with Crippen molar-refractivity contribution >= 4 is 11.6 Å². The molecular weight excluding hydrogens is 186 g/mol. The van der Waals surface area contributed by atoms with E-state index < -0.39 is 0 Å². The second-order valence-corrected chi connectivity index (χ2v) is 3.26. The minimum absolute atomic E-state index is 0.501. The van der Waals surface area contributed by atoms with E-state index >= 15 is 0 Å². The number of rotatable bonds is 5. The molecule has 3 heteroatoms. The number of hydrogen-bond donors (Lipinski definition) is 0. The van der Waals surface area contributed by atoms with Gasteiger partial charge in [-0.2, -0.15) is 0 Å². The van der Waals surface area contributed by atoms with Gasteiger partial charge in [0.25, 0.3) is 0 Å². The fourth-order valence-corrected chi connectivity index (χ4v) is 1.10. The van der Waals surface area contributed by atoms with Crippen LogP contribution in [0, 0.1) is 0 Å². The fourth-order valence-electron chi connectivity index (χ4n) is 0.990. The van der Waals surface area contributed by atoms with Crippen molar-refractivity contribution in [2.45, 2.75) is 26.2 Å². The van der Waals surface area contributed by atoms with Crippen molar-refractivity contribution in [2.75, 3.05) is 6.61 Å². The van der Waals surface area contributed by atoms with E-state index in [1.807, 2.05) is 6.07 Å². The van der Waals surface area contributed by atoms with Crippen LogP contribution in [0.4, 0.5) is 0 Å². The molecule has 0 aromatic carbocycles. The van der Waals surface area contributed by atoms with Gasteiger partial charge in [-0.15, -0.1) is 0 Å². The number of ether oxygens (including phenoxy) is 1. The number of unbranched alkanes of at least 4 members (excludes halogenated alkanes) is 2. The van der Waals surface area contributed by atoms with Gasteiger partial charge >= 0.3 is 0 Å². The Hall–Kier alpha value is -0.760. The van der Waals surface area contributed by atoms with E-state index in [2.05, 4.69) is 11.9 Å². The first-order valence-electron chi connectivity index (χ1n) is 4.57. The third-order valence-corrected chi connectivity index (χ3v) is 1.94. The lowest BCUT2D eigenvalue weighted by atomic mass is 10.3. The largest absolute Gasteiger partial charge is 0.492 e. The summed E-state index contributed by atoms with van der Waals surface area (Å²) in [6, 6.07) is 3.57. The van der Waals surface area contributed by atoms with Gasteiger partial charge in [0, 0.05) is 0 Å². The zero-order chi connectivity index (χ0) is 9.52. The molecule has 0 amide bonds. The summed E-state index contributed by atoms with van der Waals surface area (Å²) in [5.41, 5.74) is 0. The highest BCUT2D eigenvalue weighted by molar-refractivity contribution is 6.29. The highest BCUT2D eigenvalue weighted by Crippen LogP contribution is 2.12. The molecule has 1 aromatic heterocycles. The van der Waals surface area contributed by atoms with Crippen LogP contribution < -0.4 is 4.74 Å². The standard InChI is InChI=1S/C10H14ClNO/c1-2-3-4-7-13-9-5-6-10(11)12-8-9/h5-6,8H,2-4,7H2,1H3. The number of nitrogens with zero attached hydrogens (tertiary/aromatic N) is 1. The first-order chi connectivity index (χ1) is 6.33. The summed E-state index contributed by atoms with van der Waals surface area (Å²) in [5.74, 6) is 0.792. The molecule has 2 nitrogen and oxygen atoms in total. The van der Waals surface area contributed by atoms with Crippen molar-refractivity contribution in [1.29, 1.82) is 0 Å². The third-order valence-electron chi connectivity index (χ3n) is 1.72. The van der Waals surface area contributed by atoms with E-state index in [-0.39, 0.29) is 0 Å². The smallest absolute Gasteiger partial charge is 0.137 e. The van der Waals surface area contributed by atoms with Crippen LogP contribution >= 0.6 is 11.6 Å². The summed E-state index contributed by atoms with van der Waals surface area (Å²) < 4.78 is 5.44. The number of aromatic nitrogens is 1. The molecule has 0 radical (unpaired) electrons. The van der Waals surface area contributed by atoms with Crippen molar-refractivity contribution in [1.82, 2.24) is 4.98 Å². The minimum atomic E-state index is 0.501. The quantitative estimate of drug-likeness (QED) is 0.536. The molecule has 0 fully saturated rings. The molecule has 72 valence electrons. The lowest BCUT2D eigenvalue weighted by Gasteiger charge is -2.04. The average molecular weight is 200 g/mol. The summed E-state index contributed by atoms with van der Waals surface area (Å²) in [4.78, 5) is 3.92. The molecule has 13 heavy (non-hydrogen) atoms. The van der Waals surface area contributed by atoms with Crippen LogP contribution in [0.5, 0.6) is 5.75 Å². The third kappa shape index (κ3) is 4.13. The van der Waals surface area contributed by atoms with E-state index in [4.69, 9.17) is 16.3 Å². The van der Waals surface area contributed by atoms with Crippen molar-refractivity contribution < 1.29 is 4.74 Å². The van der Waals surface area contributed by atoms with Gasteiger partial charge in [0.2, 0.25) is 0 Å². The van der Waals surface area contributed by atoms with Crippen LogP contribution in [-0.2, 0) is 0 Å². The lowest BCUT2D eigenvalue weighted by Crippen LogP contribution is -1.96. The molecule has 1 heterocycles. The Morgan fingerprint density at radius 1 is 1.38 bits per heavy atom. The minimum Gasteiger partial charge on any atom is -0.492 e. The summed E-state index contributed by atoms with van der Waals surface area (Å²) in [6.07, 6.45) is 5.16. The maximum Gasteiger partial charge on any atom is 0.137 e. The van der Waals surface area contributed by atoms with Gasteiger partial charge in [0.1, 0.15) is 10.9 Å². The van der Waals surface area contributed by atoms with Gasteiger partial charge in [0.05, 0.1) is 12.8 Å². The monoisotopic (exact) mass is 199 g/mol. The molecule has 0 aliphatic rings. The van der Waals surface area contributed by atoms with Crippen LogP contribution in [0.25, 0.3) is 0 Å². The molecule has 0 N–H and O–H groups in total. The zero-order valence-electron chi connectivity index (χ0n) is 7.79. The zero-order valence-corrected chi connectivity index (χ0v) is 8.55. The molecule has 0 bridgehead atoms. The molecule has 0 atom stereocenters. The van der Waals surface area contributed by atoms with Crippen molar-refractivity contribution in [3.05, 3.63) is 23.5 Å². The Bertz CT molecular complexity index is 235. The number of pyridine rings is 1. The van der Waals surface area contributed by atoms with Gasteiger partial charge in [-0.3, -0.25) is 0 Å². The van der Waals surface area contributed by atoms with E-state index in [0.29, 0.717) is 5.15 Å². The van der Waals surface area contributed by atoms with E-state index in [1.54, 1.807) is 12.3 Å². The number of halogens is 1. The summed E-state index contributed by atoms with van der Waals surface area (Å²) in [7, 11) is 0. The van der Waals surface area contributed by atoms with Gasteiger partial charge in [0.15, 0.2) is 0 Å². The molecular formula is C10H14ClNO. The fraction of sp³-hybridized carbons (Fsp3) is 0.500. The van der Waals surface area contributed by atoms with Crippen molar-refractivity contribution in [3.8, 4) is 5.75 Å². The van der Waals surface area contributed by atoms with Gasteiger partial charge < -0.3 is 4.74 Å². The van der Waals surface area contributed by atoms with Crippen LogP contribution in [-0.4, -0.2) is 11.6 Å². The SMILES string of the molecule is CCCCCOc1ccc(Cl)nc1. The second-order valence-electron chi connectivity index (χ2n) is 2.87. The maximum atomic E-state index is 5.63. The van der Waals surface area contributed by atoms with Crippen LogP contribution in [0.2, 0.25) is 5.15 Å². The van der Waals surface area contributed by atoms with Crippen molar-refractivity contribution in [3.63, 3.8) is 0 Å². The first kappa shape index (κ1) is 10.3. The van der Waals surface area contributed by atoms with E-state index in [1.165, 1.54) is 12.8 Å². The Balaban J connectivity index is 2.25. The van der Waals surface area contributed by atoms with Crippen LogP contribution in [0.15, 0.2) is 18.3 Å². The Kier molecular flexibility index (Phi) is 4.61. The molecule has 0 spiro atoms. The number of hydrogen-bond acceptors (Lipinski definition) is 2. The first-order valence-corrected chi connectivity index (χ1v) is 4.95. The summed E-state index contributed by atoms with van der Waals surface area (Å²) >= 11 is 5.63.